The van der Waals surface area contributed by atoms with Gasteiger partial charge in [0, 0.05) is 25.0 Å². The Kier molecular flexibility index (Phi) is 3.03. The number of rotatable bonds is 1. The van der Waals surface area contributed by atoms with Gasteiger partial charge in [0.1, 0.15) is 5.75 Å². The third kappa shape index (κ3) is 1.71. The normalized spacial score (nSPS) is 33.4. The monoisotopic (exact) mass is 300 g/mol. The zero-order valence-electron chi connectivity index (χ0n) is 13.5. The predicted molar refractivity (Wildman–Crippen MR) is 87.6 cm³/mol. The highest BCUT2D eigenvalue weighted by Gasteiger charge is 2.53. The highest BCUT2D eigenvalue weighted by Crippen LogP contribution is 2.56. The summed E-state index contributed by atoms with van der Waals surface area (Å²) in [6, 6.07) is 4.62. The van der Waals surface area contributed by atoms with Crippen molar-refractivity contribution in [2.24, 2.45) is 0 Å². The van der Waals surface area contributed by atoms with Crippen LogP contribution in [-0.2, 0) is 12.0 Å². The SMILES string of the molecule is COc1ccc2c3c1N(C)C1C[C@@H](O)C=C[C@@]31CCN(C)C2. The summed E-state index contributed by atoms with van der Waals surface area (Å²) in [6.45, 7) is 2.05. The van der Waals surface area contributed by atoms with Crippen LogP contribution >= 0.6 is 0 Å². The van der Waals surface area contributed by atoms with Crippen molar-refractivity contribution in [1.29, 1.82) is 0 Å². The van der Waals surface area contributed by atoms with Crippen LogP contribution in [0.2, 0.25) is 0 Å². The number of hydrogen-bond donors (Lipinski definition) is 1. The second kappa shape index (κ2) is 4.74. The van der Waals surface area contributed by atoms with Gasteiger partial charge in [-0.3, -0.25) is 0 Å². The van der Waals surface area contributed by atoms with Crippen molar-refractivity contribution in [3.8, 4) is 5.75 Å². The number of nitrogens with zero attached hydrogens (tertiary/aromatic N) is 2. The van der Waals surface area contributed by atoms with Gasteiger partial charge in [-0.15, -0.1) is 0 Å². The summed E-state index contributed by atoms with van der Waals surface area (Å²) in [4.78, 5) is 4.74. The highest BCUT2D eigenvalue weighted by molar-refractivity contribution is 5.75. The van der Waals surface area contributed by atoms with Crippen LogP contribution in [0.4, 0.5) is 5.69 Å². The number of methoxy groups -OCH3 is 1. The van der Waals surface area contributed by atoms with Crippen molar-refractivity contribution >= 4 is 5.69 Å². The Hall–Kier alpha value is -1.52. The van der Waals surface area contributed by atoms with E-state index in [1.54, 1.807) is 7.11 Å². The van der Waals surface area contributed by atoms with Crippen molar-refractivity contribution in [3.05, 3.63) is 35.4 Å². The summed E-state index contributed by atoms with van der Waals surface area (Å²) < 4.78 is 5.65. The molecular weight excluding hydrogens is 276 g/mol. The number of likely N-dealkylation sites (N-methyl/N-ethyl adjacent to an activating group) is 1. The first-order chi connectivity index (χ1) is 10.6. The number of ether oxygens (including phenoxy) is 1. The molecule has 3 aliphatic rings. The summed E-state index contributed by atoms with van der Waals surface area (Å²) >= 11 is 0. The molecule has 2 heterocycles. The Balaban J connectivity index is 2.00. The molecule has 0 saturated heterocycles. The molecule has 4 heteroatoms. The largest absolute Gasteiger partial charge is 0.495 e. The summed E-state index contributed by atoms with van der Waals surface area (Å²) in [5.74, 6) is 0.947. The Bertz CT molecular complexity index is 642. The van der Waals surface area contributed by atoms with Gasteiger partial charge in [-0.2, -0.15) is 0 Å². The third-order valence-electron chi connectivity index (χ3n) is 5.76. The molecule has 0 bridgehead atoms. The van der Waals surface area contributed by atoms with Crippen molar-refractivity contribution in [2.45, 2.75) is 36.9 Å². The van der Waals surface area contributed by atoms with Crippen molar-refractivity contribution in [2.75, 3.05) is 32.6 Å². The lowest BCUT2D eigenvalue weighted by atomic mass is 9.68. The molecule has 118 valence electrons. The Labute approximate surface area is 132 Å². The zero-order chi connectivity index (χ0) is 15.5. The third-order valence-corrected chi connectivity index (χ3v) is 5.76. The van der Waals surface area contributed by atoms with E-state index in [2.05, 4.69) is 42.1 Å². The first kappa shape index (κ1) is 14.1. The zero-order valence-corrected chi connectivity index (χ0v) is 13.5. The summed E-state index contributed by atoms with van der Waals surface area (Å²) in [7, 11) is 6.08. The van der Waals surface area contributed by atoms with Crippen molar-refractivity contribution in [3.63, 3.8) is 0 Å². The van der Waals surface area contributed by atoms with Crippen LogP contribution in [0.3, 0.4) is 0 Å². The molecule has 0 radical (unpaired) electrons. The smallest absolute Gasteiger partial charge is 0.142 e. The van der Waals surface area contributed by atoms with E-state index in [0.29, 0.717) is 6.04 Å². The number of aliphatic hydroxyl groups excluding tert-OH is 1. The van der Waals surface area contributed by atoms with E-state index < -0.39 is 0 Å². The van der Waals surface area contributed by atoms with Gasteiger partial charge < -0.3 is 19.6 Å². The maximum Gasteiger partial charge on any atom is 0.142 e. The van der Waals surface area contributed by atoms with E-state index in [0.717, 1.165) is 31.7 Å². The van der Waals surface area contributed by atoms with Gasteiger partial charge in [0.05, 0.1) is 18.9 Å². The molecule has 3 atom stereocenters. The topological polar surface area (TPSA) is 35.9 Å². The molecule has 0 fully saturated rings. The summed E-state index contributed by atoms with van der Waals surface area (Å²) in [5, 5.41) is 10.1. The van der Waals surface area contributed by atoms with Crippen LogP contribution in [0.15, 0.2) is 24.3 Å². The van der Waals surface area contributed by atoms with Crippen LogP contribution in [0.25, 0.3) is 0 Å². The molecule has 2 aliphatic heterocycles. The fraction of sp³-hybridized carbons (Fsp3) is 0.556. The van der Waals surface area contributed by atoms with Gasteiger partial charge in [0.15, 0.2) is 0 Å². The van der Waals surface area contributed by atoms with E-state index in [4.69, 9.17) is 4.74 Å². The molecule has 1 aromatic rings. The fourth-order valence-electron chi connectivity index (χ4n) is 4.72. The van der Waals surface area contributed by atoms with Gasteiger partial charge in [-0.1, -0.05) is 18.2 Å². The molecule has 0 saturated carbocycles. The molecule has 1 aliphatic carbocycles. The molecule has 1 aromatic carbocycles. The second-order valence-electron chi connectivity index (χ2n) is 6.97. The first-order valence-electron chi connectivity index (χ1n) is 8.06. The Morgan fingerprint density at radius 1 is 1.32 bits per heavy atom. The van der Waals surface area contributed by atoms with Crippen LogP contribution < -0.4 is 9.64 Å². The van der Waals surface area contributed by atoms with E-state index >= 15 is 0 Å². The van der Waals surface area contributed by atoms with Crippen LogP contribution in [-0.4, -0.2) is 49.9 Å². The first-order valence-corrected chi connectivity index (χ1v) is 8.06. The molecule has 1 N–H and O–H groups in total. The molecule has 22 heavy (non-hydrogen) atoms. The molecule has 4 rings (SSSR count). The average molecular weight is 300 g/mol. The number of benzene rings is 1. The van der Waals surface area contributed by atoms with Crippen molar-refractivity contribution in [1.82, 2.24) is 4.90 Å². The predicted octanol–water partition coefficient (Wildman–Crippen LogP) is 1.91. The summed E-state index contributed by atoms with van der Waals surface area (Å²) in [5.41, 5.74) is 4.05. The molecule has 0 aromatic heterocycles. The maximum absolute atomic E-state index is 10.1. The van der Waals surface area contributed by atoms with Crippen molar-refractivity contribution < 1.29 is 9.84 Å². The quantitative estimate of drug-likeness (QED) is 0.804. The summed E-state index contributed by atoms with van der Waals surface area (Å²) in [6.07, 6.45) is 5.80. The minimum absolute atomic E-state index is 0.0119. The number of hydrogen-bond acceptors (Lipinski definition) is 4. The number of anilines is 1. The van der Waals surface area contributed by atoms with Gasteiger partial charge in [0.25, 0.3) is 0 Å². The maximum atomic E-state index is 10.1. The lowest BCUT2D eigenvalue weighted by Crippen LogP contribution is -2.47. The molecular formula is C18H24N2O2. The molecule has 4 nitrogen and oxygen atoms in total. The van der Waals surface area contributed by atoms with Gasteiger partial charge >= 0.3 is 0 Å². The van der Waals surface area contributed by atoms with Crippen LogP contribution in [0.5, 0.6) is 5.75 Å². The van der Waals surface area contributed by atoms with E-state index in [9.17, 15) is 5.11 Å². The van der Waals surface area contributed by atoms with Gasteiger partial charge in [-0.05, 0) is 43.6 Å². The minimum atomic E-state index is -0.345. The van der Waals surface area contributed by atoms with Crippen LogP contribution in [0, 0.1) is 0 Å². The average Bonchev–Trinajstić information content (AvgIpc) is 2.67. The van der Waals surface area contributed by atoms with E-state index in [1.807, 2.05) is 6.08 Å². The Morgan fingerprint density at radius 2 is 2.14 bits per heavy atom. The standard InChI is InChI=1S/C18H24N2O2/c1-19-9-8-18-7-6-13(21)10-15(18)20(2)17-14(22-3)5-4-12(11-19)16(17)18/h4-7,13,15,21H,8-11H2,1-3H3/t13-,15?,18-/m0/s1. The Morgan fingerprint density at radius 3 is 2.91 bits per heavy atom. The molecule has 1 unspecified atom stereocenters. The lowest BCUT2D eigenvalue weighted by molar-refractivity contribution is 0.171. The highest BCUT2D eigenvalue weighted by atomic mass is 16.5. The van der Waals surface area contributed by atoms with Gasteiger partial charge in [-0.25, -0.2) is 0 Å². The molecule has 1 spiro atoms. The van der Waals surface area contributed by atoms with E-state index in [1.165, 1.54) is 16.8 Å². The van der Waals surface area contributed by atoms with E-state index in [-0.39, 0.29) is 11.5 Å². The minimum Gasteiger partial charge on any atom is -0.495 e. The fourth-order valence-corrected chi connectivity index (χ4v) is 4.72. The molecule has 0 amide bonds. The van der Waals surface area contributed by atoms with Crippen LogP contribution in [0.1, 0.15) is 24.0 Å². The number of aliphatic hydroxyl groups is 1. The lowest BCUT2D eigenvalue weighted by Gasteiger charge is -2.40. The van der Waals surface area contributed by atoms with Gasteiger partial charge in [0.2, 0.25) is 0 Å². The second-order valence-corrected chi connectivity index (χ2v) is 6.97.